The number of hydrogen-bond donors (Lipinski definition) is 0. The summed E-state index contributed by atoms with van der Waals surface area (Å²) < 4.78 is 40.8. The second-order valence-corrected chi connectivity index (χ2v) is 4.76. The molecule has 2 aromatic rings. The van der Waals surface area contributed by atoms with Gasteiger partial charge in [0.2, 0.25) is 0 Å². The highest BCUT2D eigenvalue weighted by molar-refractivity contribution is 5.88. The third kappa shape index (κ3) is 3.27. The van der Waals surface area contributed by atoms with E-state index in [1.165, 1.54) is 12.2 Å². The molecular formula is C17H12F3O. The van der Waals surface area contributed by atoms with Gasteiger partial charge in [-0.05, 0) is 53.0 Å². The van der Waals surface area contributed by atoms with Crippen LogP contribution in [0, 0.1) is 6.42 Å². The molecule has 1 nitrogen and oxygen atoms in total. The van der Waals surface area contributed by atoms with Crippen LogP contribution in [0.2, 0.25) is 0 Å². The van der Waals surface area contributed by atoms with E-state index in [1.807, 2.05) is 48.9 Å². The lowest BCUT2D eigenvalue weighted by Gasteiger charge is -2.16. The molecule has 0 heterocycles. The molecule has 1 radical (unpaired) electrons. The number of fused-ring (bicyclic) bond motifs is 1. The van der Waals surface area contributed by atoms with Crippen molar-refractivity contribution in [2.24, 2.45) is 0 Å². The summed E-state index contributed by atoms with van der Waals surface area (Å²) in [5, 5.41) is 2.15. The number of allylic oxidation sites excluding steroid dienone is 3. The molecule has 2 aromatic carbocycles. The molecule has 0 amide bonds. The van der Waals surface area contributed by atoms with Gasteiger partial charge in [0.25, 0.3) is 0 Å². The fourth-order valence-corrected chi connectivity index (χ4v) is 2.35. The number of hydrogen-bond acceptors (Lipinski definition) is 1. The van der Waals surface area contributed by atoms with Gasteiger partial charge in [-0.2, -0.15) is 0 Å². The molecule has 4 heteroatoms. The molecule has 1 aliphatic rings. The first-order chi connectivity index (χ1) is 10.0. The number of alkyl halides is 3. The monoisotopic (exact) mass is 289 g/mol. The highest BCUT2D eigenvalue weighted by Crippen LogP contribution is 2.31. The first kappa shape index (κ1) is 13.7. The summed E-state index contributed by atoms with van der Waals surface area (Å²) in [4.78, 5) is 0. The maximum atomic E-state index is 12.3. The second-order valence-electron chi connectivity index (χ2n) is 4.76. The van der Waals surface area contributed by atoms with Gasteiger partial charge in [0, 0.05) is 0 Å². The maximum absolute atomic E-state index is 12.3. The van der Waals surface area contributed by atoms with E-state index >= 15 is 0 Å². The molecule has 0 spiro atoms. The Morgan fingerprint density at radius 1 is 0.952 bits per heavy atom. The average molecular weight is 289 g/mol. The van der Waals surface area contributed by atoms with Crippen LogP contribution >= 0.6 is 0 Å². The minimum absolute atomic E-state index is 0.159. The molecule has 0 N–H and O–H groups in total. The van der Waals surface area contributed by atoms with E-state index in [0.29, 0.717) is 6.42 Å². The van der Waals surface area contributed by atoms with Gasteiger partial charge in [-0.25, -0.2) is 0 Å². The van der Waals surface area contributed by atoms with Gasteiger partial charge in [-0.3, -0.25) is 0 Å². The molecule has 0 atom stereocenters. The molecule has 0 saturated heterocycles. The summed E-state index contributed by atoms with van der Waals surface area (Å²) in [7, 11) is 0. The number of ether oxygens (including phenoxy) is 1. The summed E-state index contributed by atoms with van der Waals surface area (Å²) in [6, 6.07) is 13.7. The predicted octanol–water partition coefficient (Wildman–Crippen LogP) is 5.25. The van der Waals surface area contributed by atoms with Crippen LogP contribution in [0.15, 0.2) is 60.4 Å². The Morgan fingerprint density at radius 3 is 2.48 bits per heavy atom. The smallest absolute Gasteiger partial charge is 0.406 e. The zero-order chi connectivity index (χ0) is 14.9. The third-order valence-corrected chi connectivity index (χ3v) is 3.27. The summed E-state index contributed by atoms with van der Waals surface area (Å²) >= 11 is 0. The molecule has 107 valence electrons. The molecule has 0 saturated carbocycles. The van der Waals surface area contributed by atoms with E-state index in [9.17, 15) is 13.2 Å². The van der Waals surface area contributed by atoms with Crippen molar-refractivity contribution < 1.29 is 17.9 Å². The van der Waals surface area contributed by atoms with Crippen molar-refractivity contribution in [3.8, 4) is 0 Å². The number of benzene rings is 2. The van der Waals surface area contributed by atoms with Gasteiger partial charge < -0.3 is 4.74 Å². The fourth-order valence-electron chi connectivity index (χ4n) is 2.35. The van der Waals surface area contributed by atoms with Crippen LogP contribution < -0.4 is 0 Å². The molecular weight excluding hydrogens is 277 g/mol. The molecule has 0 fully saturated rings. The first-order valence-corrected chi connectivity index (χ1v) is 6.51. The van der Waals surface area contributed by atoms with Crippen LogP contribution in [-0.4, -0.2) is 6.36 Å². The Kier molecular flexibility index (Phi) is 3.45. The van der Waals surface area contributed by atoms with Crippen molar-refractivity contribution in [1.29, 1.82) is 0 Å². The van der Waals surface area contributed by atoms with Crippen LogP contribution in [0.4, 0.5) is 13.2 Å². The van der Waals surface area contributed by atoms with Gasteiger partial charge in [-0.1, -0.05) is 36.4 Å². The maximum Gasteiger partial charge on any atom is 0.573 e. The fraction of sp³-hybridized carbons (Fsp3) is 0.118. The van der Waals surface area contributed by atoms with Gasteiger partial charge in [0.05, 0.1) is 0 Å². The normalized spacial score (nSPS) is 15.6. The largest absolute Gasteiger partial charge is 0.573 e. The van der Waals surface area contributed by atoms with Crippen LogP contribution in [-0.2, 0) is 4.74 Å². The lowest BCUT2D eigenvalue weighted by molar-refractivity contribution is -0.303. The molecule has 0 aliphatic heterocycles. The summed E-state index contributed by atoms with van der Waals surface area (Å²) in [6.07, 6.45) is 0.477. The zero-order valence-corrected chi connectivity index (χ0v) is 11.0. The molecule has 0 bridgehead atoms. The van der Waals surface area contributed by atoms with Crippen LogP contribution in [0.25, 0.3) is 16.3 Å². The van der Waals surface area contributed by atoms with Crippen LogP contribution in [0.5, 0.6) is 0 Å². The molecule has 0 aromatic heterocycles. The Bertz CT molecular complexity index is 726. The van der Waals surface area contributed by atoms with E-state index in [0.717, 1.165) is 21.9 Å². The van der Waals surface area contributed by atoms with Gasteiger partial charge in [0.1, 0.15) is 5.76 Å². The van der Waals surface area contributed by atoms with Gasteiger partial charge in [0.15, 0.2) is 0 Å². The SMILES string of the molecule is FC(F)(F)OC1=CC[CH]C(c2ccc3ccccc3c2)=C1. The van der Waals surface area contributed by atoms with Crippen molar-refractivity contribution in [1.82, 2.24) is 0 Å². The third-order valence-electron chi connectivity index (χ3n) is 3.27. The minimum atomic E-state index is -4.66. The quantitative estimate of drug-likeness (QED) is 0.733. The minimum Gasteiger partial charge on any atom is -0.406 e. The molecule has 0 unspecified atom stereocenters. The van der Waals surface area contributed by atoms with Crippen molar-refractivity contribution in [2.75, 3.05) is 0 Å². The van der Waals surface area contributed by atoms with E-state index in [1.54, 1.807) is 0 Å². The Balaban J connectivity index is 1.92. The highest BCUT2D eigenvalue weighted by Gasteiger charge is 2.32. The lowest BCUT2D eigenvalue weighted by atomic mass is 9.95. The topological polar surface area (TPSA) is 9.23 Å². The number of rotatable bonds is 2. The van der Waals surface area contributed by atoms with Crippen molar-refractivity contribution >= 4 is 16.3 Å². The summed E-state index contributed by atoms with van der Waals surface area (Å²) in [6.45, 7) is 0. The van der Waals surface area contributed by atoms with E-state index in [4.69, 9.17) is 0 Å². The lowest BCUT2D eigenvalue weighted by Crippen LogP contribution is -2.13. The summed E-state index contributed by atoms with van der Waals surface area (Å²) in [5.41, 5.74) is 1.62. The van der Waals surface area contributed by atoms with Crippen LogP contribution in [0.3, 0.4) is 0 Å². The average Bonchev–Trinajstić information content (AvgIpc) is 2.45. The Hall–Kier alpha value is -2.23. The van der Waals surface area contributed by atoms with E-state index < -0.39 is 6.36 Å². The molecule has 21 heavy (non-hydrogen) atoms. The highest BCUT2D eigenvalue weighted by atomic mass is 19.4. The van der Waals surface area contributed by atoms with E-state index in [2.05, 4.69) is 4.74 Å². The molecule has 3 rings (SSSR count). The summed E-state index contributed by atoms with van der Waals surface area (Å²) in [5.74, 6) is -0.159. The Morgan fingerprint density at radius 2 is 1.71 bits per heavy atom. The van der Waals surface area contributed by atoms with Crippen molar-refractivity contribution in [3.05, 3.63) is 72.4 Å². The van der Waals surface area contributed by atoms with E-state index in [-0.39, 0.29) is 5.76 Å². The number of halogens is 3. The second kappa shape index (κ2) is 5.28. The van der Waals surface area contributed by atoms with Gasteiger partial charge >= 0.3 is 6.36 Å². The standard InChI is InChI=1S/C17H12F3O/c18-17(19,20)21-16-7-3-6-14(11-16)15-9-8-12-4-1-2-5-13(12)10-15/h1-2,4-11H,3H2. The van der Waals surface area contributed by atoms with Crippen LogP contribution in [0.1, 0.15) is 12.0 Å². The molecule has 1 aliphatic carbocycles. The van der Waals surface area contributed by atoms with Gasteiger partial charge in [-0.15, -0.1) is 13.2 Å². The first-order valence-electron chi connectivity index (χ1n) is 6.51. The zero-order valence-electron chi connectivity index (χ0n) is 11.0. The Labute approximate surface area is 120 Å². The van der Waals surface area contributed by atoms with Crippen molar-refractivity contribution in [3.63, 3.8) is 0 Å². The predicted molar refractivity (Wildman–Crippen MR) is 76.1 cm³/mol. The van der Waals surface area contributed by atoms with Crippen molar-refractivity contribution in [2.45, 2.75) is 12.8 Å².